The smallest absolute Gasteiger partial charge is 0.328 e. The van der Waals surface area contributed by atoms with Crippen molar-refractivity contribution >= 4 is 11.9 Å². The number of carbonyl (C=O) groups is 2. The van der Waals surface area contributed by atoms with Crippen LogP contribution in [0.4, 0.5) is 0 Å². The van der Waals surface area contributed by atoms with Crippen LogP contribution in [0, 0.1) is 11.3 Å². The highest BCUT2D eigenvalue weighted by Gasteiger charge is 2.28. The third-order valence-corrected chi connectivity index (χ3v) is 6.19. The van der Waals surface area contributed by atoms with Crippen LogP contribution in [0.2, 0.25) is 0 Å². The minimum atomic E-state index is -1.26. The average molecular weight is 450 g/mol. The molecule has 0 aliphatic carbocycles. The van der Waals surface area contributed by atoms with Crippen LogP contribution in [0.25, 0.3) is 0 Å². The minimum Gasteiger partial charge on any atom is -0.478 e. The van der Waals surface area contributed by atoms with Gasteiger partial charge in [-0.2, -0.15) is 0 Å². The van der Waals surface area contributed by atoms with Crippen molar-refractivity contribution in [3.63, 3.8) is 0 Å². The van der Waals surface area contributed by atoms with Gasteiger partial charge in [-0.1, -0.05) is 20.8 Å². The molecule has 0 saturated carbocycles. The van der Waals surface area contributed by atoms with Crippen molar-refractivity contribution in [3.05, 3.63) is 23.9 Å². The van der Waals surface area contributed by atoms with Gasteiger partial charge in [0.05, 0.1) is 6.61 Å². The number of aryl methyl sites for hydroxylation is 2. The van der Waals surface area contributed by atoms with Crippen molar-refractivity contribution < 1.29 is 24.5 Å². The van der Waals surface area contributed by atoms with Crippen LogP contribution in [-0.2, 0) is 22.6 Å². The number of nitrogens with zero attached hydrogens (tertiary/aromatic N) is 3. The van der Waals surface area contributed by atoms with Crippen LogP contribution in [0.3, 0.4) is 0 Å². The van der Waals surface area contributed by atoms with Gasteiger partial charge in [-0.3, -0.25) is 4.68 Å². The zero-order valence-electron chi connectivity index (χ0n) is 19.8. The molecule has 0 bridgehead atoms. The standard InChI is InChI=1S/C20H35N3O.C4H4O4/c1-20(2,3)17-9-13-22(14-10-17)11-6-7-15-24-19-16-18-8-4-5-12-23(18)21-19;5-3(6)1-2-4(7)8/h16-17H,4-15H2,1-3H3;1-2H,(H,5,6)(H,7,8). The predicted octanol–water partition coefficient (Wildman–Crippen LogP) is 3.85. The first-order valence-corrected chi connectivity index (χ1v) is 11.7. The number of aliphatic carboxylic acids is 2. The number of carboxylic acid groups (broad SMARTS) is 2. The van der Waals surface area contributed by atoms with Crippen molar-refractivity contribution in [2.45, 2.75) is 72.3 Å². The molecule has 0 atom stereocenters. The Morgan fingerprint density at radius 1 is 1.09 bits per heavy atom. The summed E-state index contributed by atoms with van der Waals surface area (Å²) in [6, 6.07) is 2.14. The number of fused-ring (bicyclic) bond motifs is 1. The first kappa shape index (κ1) is 25.9. The van der Waals surface area contributed by atoms with E-state index in [0.717, 1.165) is 37.8 Å². The van der Waals surface area contributed by atoms with Gasteiger partial charge in [-0.25, -0.2) is 9.59 Å². The second-order valence-electron chi connectivity index (χ2n) is 9.70. The highest BCUT2D eigenvalue weighted by Crippen LogP contribution is 2.34. The fourth-order valence-electron chi connectivity index (χ4n) is 4.24. The maximum Gasteiger partial charge on any atom is 0.328 e. The second kappa shape index (κ2) is 12.6. The Morgan fingerprint density at radius 2 is 1.75 bits per heavy atom. The highest BCUT2D eigenvalue weighted by molar-refractivity contribution is 5.89. The van der Waals surface area contributed by atoms with Gasteiger partial charge >= 0.3 is 11.9 Å². The van der Waals surface area contributed by atoms with Crippen molar-refractivity contribution in [1.82, 2.24) is 14.7 Å². The molecule has 0 radical (unpaired) electrons. The molecule has 8 heteroatoms. The molecule has 0 spiro atoms. The summed E-state index contributed by atoms with van der Waals surface area (Å²) in [6.07, 6.45) is 9.89. The Hall–Kier alpha value is -2.35. The van der Waals surface area contributed by atoms with Gasteiger partial charge < -0.3 is 19.8 Å². The Labute approximate surface area is 191 Å². The van der Waals surface area contributed by atoms with Gasteiger partial charge in [0.1, 0.15) is 0 Å². The summed E-state index contributed by atoms with van der Waals surface area (Å²) in [4.78, 5) is 21.7. The van der Waals surface area contributed by atoms with E-state index in [2.05, 4.69) is 41.5 Å². The minimum absolute atomic E-state index is 0.476. The van der Waals surface area contributed by atoms with Crippen molar-refractivity contribution in [3.8, 4) is 5.88 Å². The molecule has 1 aromatic rings. The number of unbranched alkanes of at least 4 members (excludes halogenated alkanes) is 1. The predicted molar refractivity (Wildman–Crippen MR) is 123 cm³/mol. The number of ether oxygens (including phenoxy) is 1. The van der Waals surface area contributed by atoms with Crippen LogP contribution >= 0.6 is 0 Å². The maximum atomic E-state index is 9.55. The molecule has 32 heavy (non-hydrogen) atoms. The van der Waals surface area contributed by atoms with E-state index in [1.54, 1.807) is 0 Å². The third-order valence-electron chi connectivity index (χ3n) is 6.19. The van der Waals surface area contributed by atoms with Gasteiger partial charge in [-0.15, -0.1) is 5.10 Å². The molecule has 3 rings (SSSR count). The average Bonchev–Trinajstić information content (AvgIpc) is 3.15. The summed E-state index contributed by atoms with van der Waals surface area (Å²) in [5.74, 6) is -0.790. The first-order chi connectivity index (χ1) is 15.1. The molecule has 2 N–H and O–H groups in total. The fraction of sp³-hybridized carbons (Fsp3) is 0.708. The zero-order valence-corrected chi connectivity index (χ0v) is 19.8. The van der Waals surface area contributed by atoms with Gasteiger partial charge in [0.2, 0.25) is 5.88 Å². The van der Waals surface area contributed by atoms with E-state index in [4.69, 9.17) is 14.9 Å². The van der Waals surface area contributed by atoms with E-state index in [1.807, 2.05) is 0 Å². The molecule has 1 fully saturated rings. The van der Waals surface area contributed by atoms with Crippen LogP contribution in [0.15, 0.2) is 18.2 Å². The molecule has 1 saturated heterocycles. The lowest BCUT2D eigenvalue weighted by molar-refractivity contribution is -0.134. The molecular weight excluding hydrogens is 410 g/mol. The van der Waals surface area contributed by atoms with Crippen molar-refractivity contribution in [1.29, 1.82) is 0 Å². The van der Waals surface area contributed by atoms with Crippen LogP contribution < -0.4 is 4.74 Å². The number of hydrogen-bond acceptors (Lipinski definition) is 5. The molecule has 0 aromatic carbocycles. The zero-order chi connectivity index (χ0) is 23.6. The molecule has 8 nitrogen and oxygen atoms in total. The molecule has 3 heterocycles. The number of carboxylic acids is 2. The summed E-state index contributed by atoms with van der Waals surface area (Å²) < 4.78 is 7.98. The summed E-state index contributed by atoms with van der Waals surface area (Å²) in [6.45, 7) is 12.8. The van der Waals surface area contributed by atoms with Gasteiger partial charge in [-0.05, 0) is 75.9 Å². The molecule has 2 aliphatic heterocycles. The monoisotopic (exact) mass is 449 g/mol. The topological polar surface area (TPSA) is 105 Å². The lowest BCUT2D eigenvalue weighted by Crippen LogP contribution is -2.38. The van der Waals surface area contributed by atoms with E-state index >= 15 is 0 Å². The molecule has 0 amide bonds. The van der Waals surface area contributed by atoms with Crippen LogP contribution in [-0.4, -0.2) is 63.1 Å². The largest absolute Gasteiger partial charge is 0.478 e. The Balaban J connectivity index is 0.000000390. The van der Waals surface area contributed by atoms with Crippen LogP contribution in [0.5, 0.6) is 5.88 Å². The summed E-state index contributed by atoms with van der Waals surface area (Å²) >= 11 is 0. The Bertz CT molecular complexity index is 719. The molecular formula is C24H39N3O5. The first-order valence-electron chi connectivity index (χ1n) is 11.7. The van der Waals surface area contributed by atoms with E-state index in [-0.39, 0.29) is 0 Å². The van der Waals surface area contributed by atoms with E-state index in [1.165, 1.54) is 57.4 Å². The van der Waals surface area contributed by atoms with Crippen molar-refractivity contribution in [2.75, 3.05) is 26.2 Å². The highest BCUT2D eigenvalue weighted by atomic mass is 16.5. The van der Waals surface area contributed by atoms with E-state index in [0.29, 0.717) is 17.6 Å². The van der Waals surface area contributed by atoms with Crippen molar-refractivity contribution in [2.24, 2.45) is 11.3 Å². The summed E-state index contributed by atoms with van der Waals surface area (Å²) in [5.41, 5.74) is 1.82. The normalized spacial score (nSPS) is 17.5. The summed E-state index contributed by atoms with van der Waals surface area (Å²) in [7, 11) is 0. The number of aromatic nitrogens is 2. The number of piperidine rings is 1. The lowest BCUT2D eigenvalue weighted by atomic mass is 9.75. The Morgan fingerprint density at radius 3 is 2.31 bits per heavy atom. The van der Waals surface area contributed by atoms with Crippen LogP contribution in [0.1, 0.15) is 65.0 Å². The van der Waals surface area contributed by atoms with Gasteiger partial charge in [0.15, 0.2) is 0 Å². The Kier molecular flexibility index (Phi) is 10.2. The molecule has 180 valence electrons. The SMILES string of the molecule is CC(C)(C)C1CCN(CCCCOc2cc3n(n2)CCCC3)CC1.O=C(O)C=CC(=O)O. The quantitative estimate of drug-likeness (QED) is 0.459. The number of hydrogen-bond donors (Lipinski definition) is 2. The number of rotatable bonds is 8. The lowest BCUT2D eigenvalue weighted by Gasteiger charge is -2.38. The van der Waals surface area contributed by atoms with E-state index in [9.17, 15) is 9.59 Å². The maximum absolute atomic E-state index is 9.55. The molecule has 1 aromatic heterocycles. The third kappa shape index (κ3) is 9.42. The summed E-state index contributed by atoms with van der Waals surface area (Å²) in [5, 5.41) is 20.2. The van der Waals surface area contributed by atoms with Gasteiger partial charge in [0, 0.05) is 30.5 Å². The molecule has 0 unspecified atom stereocenters. The molecule has 2 aliphatic rings. The number of likely N-dealkylation sites (tertiary alicyclic amines) is 1. The second-order valence-corrected chi connectivity index (χ2v) is 9.70. The fourth-order valence-corrected chi connectivity index (χ4v) is 4.24. The van der Waals surface area contributed by atoms with E-state index < -0.39 is 11.9 Å². The van der Waals surface area contributed by atoms with Gasteiger partial charge in [0.25, 0.3) is 0 Å².